The van der Waals surface area contributed by atoms with Gasteiger partial charge in [0.1, 0.15) is 0 Å². The zero-order valence-corrected chi connectivity index (χ0v) is 8.14. The molecule has 0 bridgehead atoms. The molecule has 0 nitrogen and oxygen atoms in total. The molecule has 1 aliphatic carbocycles. The van der Waals surface area contributed by atoms with Crippen LogP contribution in [0.1, 0.15) is 32.1 Å². The van der Waals surface area contributed by atoms with E-state index in [0.717, 1.165) is 4.22 Å². The average molecular weight is 211 g/mol. The molecule has 0 aromatic carbocycles. The Hall–Kier alpha value is 1.19. The molecule has 1 fully saturated rings. The third-order valence-electron chi connectivity index (χ3n) is 1.76. The fourth-order valence-corrected chi connectivity index (χ4v) is 4.08. The van der Waals surface area contributed by atoms with Crippen LogP contribution in [0.3, 0.4) is 0 Å². The van der Waals surface area contributed by atoms with Crippen LogP contribution in [-0.4, -0.2) is 0 Å². The van der Waals surface area contributed by atoms with Crippen molar-refractivity contribution in [2.75, 3.05) is 0 Å². The first kappa shape index (κ1) is 7.30. The summed E-state index contributed by atoms with van der Waals surface area (Å²) in [5.74, 6) is 0. The Balaban J connectivity index is 2.13. The van der Waals surface area contributed by atoms with Crippen LogP contribution in [0.4, 0.5) is 0 Å². The van der Waals surface area contributed by atoms with Crippen LogP contribution < -0.4 is 0 Å². The van der Waals surface area contributed by atoms with Crippen molar-refractivity contribution < 1.29 is 17.1 Å². The van der Waals surface area contributed by atoms with Crippen molar-refractivity contribution in [2.45, 2.75) is 36.3 Å². The first-order valence-corrected chi connectivity index (χ1v) is 8.06. The van der Waals surface area contributed by atoms with Gasteiger partial charge in [-0.05, 0) is 0 Å². The van der Waals surface area contributed by atoms with E-state index in [9.17, 15) is 0 Å². The minimum atomic E-state index is 0.286. The fraction of sp³-hybridized carbons (Fsp3) is 1.00. The van der Waals surface area contributed by atoms with Crippen LogP contribution in [0.25, 0.3) is 0 Å². The van der Waals surface area contributed by atoms with Gasteiger partial charge in [0.25, 0.3) is 0 Å². The molecule has 2 heteroatoms. The van der Waals surface area contributed by atoms with Crippen molar-refractivity contribution in [2.24, 2.45) is 0 Å². The van der Waals surface area contributed by atoms with Crippen molar-refractivity contribution in [1.82, 2.24) is 0 Å². The first-order valence-electron chi connectivity index (χ1n) is 3.29. The summed E-state index contributed by atoms with van der Waals surface area (Å²) in [5, 5.41) is 0. The van der Waals surface area contributed by atoms with E-state index in [4.69, 9.17) is 0 Å². The SMILES string of the molecule is [Br][Ti][CH]1CCCCC1. The monoisotopic (exact) mass is 210 g/mol. The quantitative estimate of drug-likeness (QED) is 0.584. The summed E-state index contributed by atoms with van der Waals surface area (Å²) < 4.78 is 1.13. The van der Waals surface area contributed by atoms with E-state index in [2.05, 4.69) is 13.2 Å². The molecule has 0 unspecified atom stereocenters. The number of halogens is 1. The summed E-state index contributed by atoms with van der Waals surface area (Å²) in [6.07, 6.45) is 7.53. The second kappa shape index (κ2) is 4.08. The molecular formula is C6H11BrTi. The van der Waals surface area contributed by atoms with E-state index >= 15 is 0 Å². The molecule has 1 aliphatic rings. The molecule has 1 saturated carbocycles. The predicted octanol–water partition coefficient (Wildman–Crippen LogP) is 3.13. The van der Waals surface area contributed by atoms with E-state index in [0.29, 0.717) is 0 Å². The molecule has 0 aliphatic heterocycles. The molecule has 0 amide bonds. The Kier molecular flexibility index (Phi) is 3.73. The van der Waals surface area contributed by atoms with Gasteiger partial charge in [-0.3, -0.25) is 0 Å². The molecule has 0 radical (unpaired) electrons. The molecule has 0 aromatic rings. The normalized spacial score (nSPS) is 23.1. The summed E-state index contributed by atoms with van der Waals surface area (Å²) in [6, 6.07) is 0. The maximum absolute atomic E-state index is 3.64. The fourth-order valence-electron chi connectivity index (χ4n) is 1.21. The van der Waals surface area contributed by atoms with Gasteiger partial charge in [0.15, 0.2) is 0 Å². The Bertz CT molecular complexity index is 59.5. The standard InChI is InChI=1S/C6H11.BrH.Ti/c1-2-4-6-5-3-1;;/h1H,2-6H2;1H;/q;;+1/p-1. The van der Waals surface area contributed by atoms with Crippen molar-refractivity contribution in [1.29, 1.82) is 0 Å². The number of hydrogen-bond acceptors (Lipinski definition) is 0. The van der Waals surface area contributed by atoms with E-state index < -0.39 is 0 Å². The summed E-state index contributed by atoms with van der Waals surface area (Å²) in [6.45, 7) is 0. The number of hydrogen-bond donors (Lipinski definition) is 0. The Morgan fingerprint density at radius 2 is 1.75 bits per heavy atom. The van der Waals surface area contributed by atoms with Crippen LogP contribution in [0.5, 0.6) is 0 Å². The Labute approximate surface area is 66.4 Å². The van der Waals surface area contributed by atoms with Crippen molar-refractivity contribution >= 4 is 13.2 Å². The summed E-state index contributed by atoms with van der Waals surface area (Å²) >= 11 is 3.92. The molecule has 0 atom stereocenters. The van der Waals surface area contributed by atoms with Crippen LogP contribution in [0.15, 0.2) is 0 Å². The molecular weight excluding hydrogens is 200 g/mol. The molecule has 1 rings (SSSR count). The van der Waals surface area contributed by atoms with Gasteiger partial charge in [-0.25, -0.2) is 0 Å². The Morgan fingerprint density at radius 1 is 1.12 bits per heavy atom. The minimum absolute atomic E-state index is 0.286. The van der Waals surface area contributed by atoms with Crippen molar-refractivity contribution in [3.63, 3.8) is 0 Å². The Morgan fingerprint density at radius 3 is 2.12 bits per heavy atom. The molecule has 8 heavy (non-hydrogen) atoms. The summed E-state index contributed by atoms with van der Waals surface area (Å²) in [5.41, 5.74) is 0. The van der Waals surface area contributed by atoms with Gasteiger partial charge in [0.2, 0.25) is 0 Å². The topological polar surface area (TPSA) is 0 Å². The van der Waals surface area contributed by atoms with E-state index in [1.807, 2.05) is 0 Å². The van der Waals surface area contributed by atoms with Crippen LogP contribution in [-0.2, 0) is 17.1 Å². The third-order valence-corrected chi connectivity index (χ3v) is 5.81. The van der Waals surface area contributed by atoms with Crippen LogP contribution >= 0.6 is 13.2 Å². The van der Waals surface area contributed by atoms with Crippen LogP contribution in [0.2, 0.25) is 4.22 Å². The zero-order chi connectivity index (χ0) is 5.82. The van der Waals surface area contributed by atoms with Gasteiger partial charge >= 0.3 is 66.5 Å². The molecule has 0 N–H and O–H groups in total. The van der Waals surface area contributed by atoms with Gasteiger partial charge in [0.05, 0.1) is 0 Å². The summed E-state index contributed by atoms with van der Waals surface area (Å²) in [7, 11) is 0. The van der Waals surface area contributed by atoms with Gasteiger partial charge in [-0.2, -0.15) is 0 Å². The van der Waals surface area contributed by atoms with E-state index in [1.54, 1.807) is 0 Å². The molecule has 0 heterocycles. The zero-order valence-electron chi connectivity index (χ0n) is 4.99. The van der Waals surface area contributed by atoms with E-state index in [-0.39, 0.29) is 17.1 Å². The predicted molar refractivity (Wildman–Crippen MR) is 35.8 cm³/mol. The number of rotatable bonds is 1. The second-order valence-electron chi connectivity index (χ2n) is 2.44. The van der Waals surface area contributed by atoms with Gasteiger partial charge in [0, 0.05) is 0 Å². The van der Waals surface area contributed by atoms with Gasteiger partial charge in [-0.15, -0.1) is 0 Å². The van der Waals surface area contributed by atoms with Gasteiger partial charge < -0.3 is 0 Å². The third kappa shape index (κ3) is 2.20. The van der Waals surface area contributed by atoms with E-state index in [1.165, 1.54) is 32.1 Å². The van der Waals surface area contributed by atoms with Crippen molar-refractivity contribution in [3.8, 4) is 0 Å². The van der Waals surface area contributed by atoms with Gasteiger partial charge in [-0.1, -0.05) is 0 Å². The second-order valence-corrected chi connectivity index (χ2v) is 5.95. The molecule has 0 aromatic heterocycles. The summed E-state index contributed by atoms with van der Waals surface area (Å²) in [4.78, 5) is 0. The molecule has 0 saturated heterocycles. The average Bonchev–Trinajstić information content (AvgIpc) is 1.90. The first-order chi connectivity index (χ1) is 3.93. The van der Waals surface area contributed by atoms with Crippen LogP contribution in [0, 0.1) is 0 Å². The molecule has 46 valence electrons. The molecule has 0 spiro atoms. The van der Waals surface area contributed by atoms with Crippen molar-refractivity contribution in [3.05, 3.63) is 0 Å². The maximum atomic E-state index is 3.64.